The zero-order valence-electron chi connectivity index (χ0n) is 11.1. The number of thiazole rings is 1. The Hall–Kier alpha value is -0.750. The van der Waals surface area contributed by atoms with Crippen LogP contribution < -0.4 is 5.73 Å². The molecule has 0 amide bonds. The second kappa shape index (κ2) is 5.71. The minimum atomic E-state index is 0.309. The van der Waals surface area contributed by atoms with Crippen LogP contribution in [-0.2, 0) is 6.54 Å². The van der Waals surface area contributed by atoms with Crippen molar-refractivity contribution in [2.45, 2.75) is 25.9 Å². The Morgan fingerprint density at radius 2 is 2.37 bits per heavy atom. The average molecular weight is 293 g/mol. The van der Waals surface area contributed by atoms with Gasteiger partial charge in [-0.1, -0.05) is 6.92 Å². The van der Waals surface area contributed by atoms with Crippen LogP contribution in [-0.4, -0.2) is 29.0 Å². The van der Waals surface area contributed by atoms with Crippen molar-refractivity contribution in [2.75, 3.05) is 13.1 Å². The van der Waals surface area contributed by atoms with Gasteiger partial charge in [-0.2, -0.15) is 11.3 Å². The summed E-state index contributed by atoms with van der Waals surface area (Å²) in [6.07, 6.45) is 1.20. The number of piperidine rings is 1. The summed E-state index contributed by atoms with van der Waals surface area (Å²) in [7, 11) is 0. The number of likely N-dealkylation sites (tertiary alicyclic amines) is 1. The van der Waals surface area contributed by atoms with E-state index in [1.807, 2.05) is 0 Å². The van der Waals surface area contributed by atoms with Crippen LogP contribution in [0.2, 0.25) is 0 Å². The van der Waals surface area contributed by atoms with E-state index in [1.54, 1.807) is 22.7 Å². The molecule has 19 heavy (non-hydrogen) atoms. The molecular formula is C14H19N3S2. The fraction of sp³-hybridized carbons (Fsp3) is 0.500. The summed E-state index contributed by atoms with van der Waals surface area (Å²) in [6.45, 7) is 5.31. The molecule has 1 saturated heterocycles. The maximum atomic E-state index is 6.15. The van der Waals surface area contributed by atoms with Crippen molar-refractivity contribution in [2.24, 2.45) is 11.7 Å². The molecule has 3 heterocycles. The normalized spacial score (nSPS) is 24.7. The van der Waals surface area contributed by atoms with Gasteiger partial charge in [0.15, 0.2) is 0 Å². The highest BCUT2D eigenvalue weighted by Crippen LogP contribution is 2.26. The monoisotopic (exact) mass is 293 g/mol. The molecule has 2 N–H and O–H groups in total. The first-order valence-electron chi connectivity index (χ1n) is 6.67. The molecule has 2 aromatic heterocycles. The summed E-state index contributed by atoms with van der Waals surface area (Å²) >= 11 is 3.45. The standard InChI is InChI=1S/C14H19N3S2/c1-10-2-4-17(7-13(10)15)6-12-9-19-14(16-12)11-3-5-18-8-11/h3,5,8-10,13H,2,4,6-7,15H2,1H3. The maximum Gasteiger partial charge on any atom is 0.124 e. The van der Waals surface area contributed by atoms with E-state index in [0.29, 0.717) is 12.0 Å². The van der Waals surface area contributed by atoms with E-state index in [9.17, 15) is 0 Å². The van der Waals surface area contributed by atoms with Crippen LogP contribution in [0.5, 0.6) is 0 Å². The highest BCUT2D eigenvalue weighted by Gasteiger charge is 2.23. The molecule has 2 unspecified atom stereocenters. The molecule has 0 aromatic carbocycles. The fourth-order valence-corrected chi connectivity index (χ4v) is 3.96. The Bertz CT molecular complexity index is 521. The molecule has 3 nitrogen and oxygen atoms in total. The molecule has 1 aliphatic rings. The number of hydrogen-bond donors (Lipinski definition) is 1. The van der Waals surface area contributed by atoms with Crippen molar-refractivity contribution >= 4 is 22.7 Å². The second-order valence-corrected chi connectivity index (χ2v) is 6.96. The zero-order valence-corrected chi connectivity index (χ0v) is 12.7. The number of aromatic nitrogens is 1. The van der Waals surface area contributed by atoms with Crippen molar-refractivity contribution in [3.63, 3.8) is 0 Å². The molecule has 0 aliphatic carbocycles. The first-order valence-corrected chi connectivity index (χ1v) is 8.49. The Balaban J connectivity index is 1.64. The Morgan fingerprint density at radius 3 is 3.11 bits per heavy atom. The summed E-state index contributed by atoms with van der Waals surface area (Å²) in [6, 6.07) is 2.44. The van der Waals surface area contributed by atoms with E-state index in [-0.39, 0.29) is 0 Å². The van der Waals surface area contributed by atoms with Crippen LogP contribution in [0.1, 0.15) is 19.0 Å². The molecular weight excluding hydrogens is 274 g/mol. The summed E-state index contributed by atoms with van der Waals surface area (Å²) in [5.74, 6) is 0.646. The molecule has 0 radical (unpaired) electrons. The molecule has 0 bridgehead atoms. The smallest absolute Gasteiger partial charge is 0.124 e. The van der Waals surface area contributed by atoms with E-state index < -0.39 is 0 Å². The number of hydrogen-bond acceptors (Lipinski definition) is 5. The summed E-state index contributed by atoms with van der Waals surface area (Å²) in [4.78, 5) is 7.16. The molecule has 0 saturated carbocycles. The SMILES string of the molecule is CC1CCN(Cc2csc(-c3ccsc3)n2)CC1N. The van der Waals surface area contributed by atoms with Crippen LogP contribution in [0.15, 0.2) is 22.2 Å². The third-order valence-corrected chi connectivity index (χ3v) is 5.43. The minimum Gasteiger partial charge on any atom is -0.326 e. The maximum absolute atomic E-state index is 6.15. The Morgan fingerprint density at radius 1 is 1.47 bits per heavy atom. The highest BCUT2D eigenvalue weighted by molar-refractivity contribution is 7.14. The van der Waals surface area contributed by atoms with Gasteiger partial charge in [-0.05, 0) is 30.3 Å². The largest absolute Gasteiger partial charge is 0.326 e. The number of nitrogens with zero attached hydrogens (tertiary/aromatic N) is 2. The third kappa shape index (κ3) is 3.05. The number of nitrogens with two attached hydrogens (primary N) is 1. The lowest BCUT2D eigenvalue weighted by molar-refractivity contribution is 0.161. The van der Waals surface area contributed by atoms with Gasteiger partial charge < -0.3 is 5.73 Å². The first kappa shape index (κ1) is 13.2. The molecule has 1 fully saturated rings. The van der Waals surface area contributed by atoms with E-state index in [4.69, 9.17) is 10.7 Å². The fourth-order valence-electron chi connectivity index (χ4n) is 2.44. The summed E-state index contributed by atoms with van der Waals surface area (Å²) in [5.41, 5.74) is 8.56. The molecule has 2 atom stereocenters. The van der Waals surface area contributed by atoms with Crippen LogP contribution in [0.3, 0.4) is 0 Å². The van der Waals surface area contributed by atoms with Gasteiger partial charge in [0.2, 0.25) is 0 Å². The van der Waals surface area contributed by atoms with Gasteiger partial charge in [0.1, 0.15) is 5.01 Å². The minimum absolute atomic E-state index is 0.309. The van der Waals surface area contributed by atoms with Gasteiger partial charge >= 0.3 is 0 Å². The van der Waals surface area contributed by atoms with E-state index in [1.165, 1.54) is 17.7 Å². The average Bonchev–Trinajstić information content (AvgIpc) is 3.04. The second-order valence-electron chi connectivity index (χ2n) is 5.32. The van der Waals surface area contributed by atoms with Crippen LogP contribution >= 0.6 is 22.7 Å². The number of thiophene rings is 1. The lowest BCUT2D eigenvalue weighted by atomic mass is 9.94. The van der Waals surface area contributed by atoms with Crippen molar-refractivity contribution in [1.29, 1.82) is 0 Å². The molecule has 102 valence electrons. The van der Waals surface area contributed by atoms with Crippen molar-refractivity contribution < 1.29 is 0 Å². The van der Waals surface area contributed by atoms with Crippen molar-refractivity contribution in [3.05, 3.63) is 27.9 Å². The van der Waals surface area contributed by atoms with E-state index in [0.717, 1.165) is 24.6 Å². The zero-order chi connectivity index (χ0) is 13.2. The molecule has 3 rings (SSSR count). The number of rotatable bonds is 3. The predicted octanol–water partition coefficient (Wildman–Crippen LogP) is 3.04. The predicted molar refractivity (Wildman–Crippen MR) is 82.5 cm³/mol. The quantitative estimate of drug-likeness (QED) is 0.946. The highest BCUT2D eigenvalue weighted by atomic mass is 32.1. The van der Waals surface area contributed by atoms with Gasteiger partial charge in [-0.15, -0.1) is 11.3 Å². The van der Waals surface area contributed by atoms with Crippen molar-refractivity contribution in [1.82, 2.24) is 9.88 Å². The Labute approximate surface area is 122 Å². The molecule has 5 heteroatoms. The van der Waals surface area contributed by atoms with Gasteiger partial charge in [-0.25, -0.2) is 4.98 Å². The van der Waals surface area contributed by atoms with Gasteiger partial charge in [0.25, 0.3) is 0 Å². The Kier molecular flexibility index (Phi) is 3.98. The van der Waals surface area contributed by atoms with Crippen molar-refractivity contribution in [3.8, 4) is 10.6 Å². The van der Waals surface area contributed by atoms with Crippen LogP contribution in [0.4, 0.5) is 0 Å². The lowest BCUT2D eigenvalue weighted by Gasteiger charge is -2.34. The van der Waals surface area contributed by atoms with Gasteiger partial charge in [0, 0.05) is 35.5 Å². The van der Waals surface area contributed by atoms with E-state index in [2.05, 4.69) is 34.0 Å². The third-order valence-electron chi connectivity index (χ3n) is 3.81. The first-order chi connectivity index (χ1) is 9.22. The van der Waals surface area contributed by atoms with Crippen LogP contribution in [0, 0.1) is 5.92 Å². The summed E-state index contributed by atoms with van der Waals surface area (Å²) in [5, 5.41) is 7.56. The lowest BCUT2D eigenvalue weighted by Crippen LogP contribution is -2.47. The summed E-state index contributed by atoms with van der Waals surface area (Å²) < 4.78 is 0. The topological polar surface area (TPSA) is 42.2 Å². The van der Waals surface area contributed by atoms with Crippen LogP contribution in [0.25, 0.3) is 10.6 Å². The van der Waals surface area contributed by atoms with Gasteiger partial charge in [0.05, 0.1) is 5.69 Å². The molecule has 1 aliphatic heterocycles. The molecule has 2 aromatic rings. The van der Waals surface area contributed by atoms with Gasteiger partial charge in [-0.3, -0.25) is 4.90 Å². The molecule has 0 spiro atoms. The van der Waals surface area contributed by atoms with E-state index >= 15 is 0 Å².